The van der Waals surface area contributed by atoms with Crippen molar-refractivity contribution < 1.29 is 0 Å². The van der Waals surface area contributed by atoms with Gasteiger partial charge in [-0.05, 0) is 40.1 Å². The van der Waals surface area contributed by atoms with Gasteiger partial charge in [0, 0.05) is 12.6 Å². The third kappa shape index (κ3) is 2.52. The lowest BCUT2D eigenvalue weighted by Crippen LogP contribution is -2.23. The Bertz CT molecular complexity index is 531. The van der Waals surface area contributed by atoms with Crippen molar-refractivity contribution in [2.24, 2.45) is 0 Å². The molecule has 0 amide bonds. The van der Waals surface area contributed by atoms with E-state index in [1.807, 2.05) is 25.1 Å². The lowest BCUT2D eigenvalue weighted by Gasteiger charge is -2.22. The summed E-state index contributed by atoms with van der Waals surface area (Å²) in [6.45, 7) is 5.15. The van der Waals surface area contributed by atoms with Crippen molar-refractivity contribution in [2.75, 3.05) is 20.6 Å². The van der Waals surface area contributed by atoms with Crippen LogP contribution in [0, 0.1) is 0 Å². The van der Waals surface area contributed by atoms with Gasteiger partial charge in [0.05, 0.1) is 16.4 Å². The zero-order chi connectivity index (χ0) is 13.3. The molecular weight excluding hydrogens is 246 g/mol. The molecule has 0 fully saturated rings. The number of aromatic nitrogens is 2. The number of fused-ring (bicyclic) bond motifs is 1. The highest BCUT2D eigenvalue weighted by Crippen LogP contribution is 2.28. The molecule has 2 atom stereocenters. The van der Waals surface area contributed by atoms with Gasteiger partial charge in [-0.3, -0.25) is 0 Å². The Morgan fingerprint density at radius 2 is 1.94 bits per heavy atom. The molecule has 0 aliphatic rings. The van der Waals surface area contributed by atoms with E-state index >= 15 is 0 Å². The molecule has 1 heterocycles. The van der Waals surface area contributed by atoms with Gasteiger partial charge in [0.2, 0.25) is 0 Å². The molecule has 0 spiro atoms. The first-order chi connectivity index (χ1) is 8.50. The minimum Gasteiger partial charge on any atom is -0.323 e. The van der Waals surface area contributed by atoms with E-state index in [1.54, 1.807) is 0 Å². The third-order valence-corrected chi connectivity index (χ3v) is 3.24. The standard InChI is InChI=1S/C14H20ClN3/c1-10(9-17(3)4)18-13-8-6-5-7-12(13)16-14(18)11(2)15/h5-8,10-11H,9H2,1-4H3. The SMILES string of the molecule is CC(Cl)c1nc2ccccc2n1C(C)CN(C)C. The van der Waals surface area contributed by atoms with Crippen LogP contribution in [0.15, 0.2) is 24.3 Å². The Balaban J connectivity index is 2.54. The van der Waals surface area contributed by atoms with Crippen molar-refractivity contribution in [2.45, 2.75) is 25.3 Å². The summed E-state index contributed by atoms with van der Waals surface area (Å²) in [6.07, 6.45) is 0. The minimum absolute atomic E-state index is 0.0815. The van der Waals surface area contributed by atoms with Crippen molar-refractivity contribution in [1.82, 2.24) is 14.5 Å². The third-order valence-electron chi connectivity index (χ3n) is 3.05. The van der Waals surface area contributed by atoms with E-state index in [-0.39, 0.29) is 5.38 Å². The average Bonchev–Trinajstić information content (AvgIpc) is 2.67. The average molecular weight is 266 g/mol. The molecule has 0 radical (unpaired) electrons. The van der Waals surface area contributed by atoms with Gasteiger partial charge in [-0.15, -0.1) is 11.6 Å². The lowest BCUT2D eigenvalue weighted by atomic mass is 10.2. The summed E-state index contributed by atoms with van der Waals surface area (Å²) in [6, 6.07) is 8.56. The molecule has 1 aromatic heterocycles. The molecule has 0 saturated carbocycles. The van der Waals surface area contributed by atoms with Gasteiger partial charge in [0.1, 0.15) is 5.82 Å². The van der Waals surface area contributed by atoms with Gasteiger partial charge in [-0.1, -0.05) is 12.1 Å². The van der Waals surface area contributed by atoms with Crippen LogP contribution in [0.1, 0.15) is 31.1 Å². The topological polar surface area (TPSA) is 21.1 Å². The minimum atomic E-state index is -0.0815. The summed E-state index contributed by atoms with van der Waals surface area (Å²) < 4.78 is 2.26. The molecular formula is C14H20ClN3. The fourth-order valence-corrected chi connectivity index (χ4v) is 2.57. The molecule has 0 aliphatic carbocycles. The van der Waals surface area contributed by atoms with E-state index in [1.165, 1.54) is 0 Å². The first-order valence-corrected chi connectivity index (χ1v) is 6.70. The van der Waals surface area contributed by atoms with Crippen LogP contribution in [0.4, 0.5) is 0 Å². The van der Waals surface area contributed by atoms with Crippen LogP contribution in [-0.4, -0.2) is 35.1 Å². The molecule has 98 valence electrons. The second kappa shape index (κ2) is 5.29. The van der Waals surface area contributed by atoms with Crippen molar-refractivity contribution in [3.05, 3.63) is 30.1 Å². The summed E-state index contributed by atoms with van der Waals surface area (Å²) in [7, 11) is 4.17. The fraction of sp³-hybridized carbons (Fsp3) is 0.500. The molecule has 0 N–H and O–H groups in total. The van der Waals surface area contributed by atoms with E-state index in [2.05, 4.69) is 41.5 Å². The predicted octanol–water partition coefficient (Wildman–Crippen LogP) is 3.46. The molecule has 2 aromatic rings. The van der Waals surface area contributed by atoms with Crippen LogP contribution in [0.3, 0.4) is 0 Å². The molecule has 2 rings (SSSR count). The van der Waals surface area contributed by atoms with E-state index in [4.69, 9.17) is 11.6 Å². The van der Waals surface area contributed by atoms with Crippen LogP contribution < -0.4 is 0 Å². The summed E-state index contributed by atoms with van der Waals surface area (Å²) in [5, 5.41) is -0.0815. The smallest absolute Gasteiger partial charge is 0.128 e. The van der Waals surface area contributed by atoms with E-state index in [0.29, 0.717) is 6.04 Å². The molecule has 3 nitrogen and oxygen atoms in total. The largest absolute Gasteiger partial charge is 0.323 e. The zero-order valence-electron chi connectivity index (χ0n) is 11.4. The summed E-state index contributed by atoms with van der Waals surface area (Å²) >= 11 is 6.26. The summed E-state index contributed by atoms with van der Waals surface area (Å²) in [5.74, 6) is 0.951. The quantitative estimate of drug-likeness (QED) is 0.790. The second-order valence-corrected chi connectivity index (χ2v) is 5.71. The normalized spacial score (nSPS) is 15.2. The Hall–Kier alpha value is -1.06. The predicted molar refractivity (Wildman–Crippen MR) is 77.3 cm³/mol. The van der Waals surface area contributed by atoms with Crippen LogP contribution in [0.2, 0.25) is 0 Å². The number of rotatable bonds is 4. The number of para-hydroxylation sites is 2. The molecule has 0 aliphatic heterocycles. The van der Waals surface area contributed by atoms with Crippen molar-refractivity contribution in [3.63, 3.8) is 0 Å². The first-order valence-electron chi connectivity index (χ1n) is 6.26. The molecule has 18 heavy (non-hydrogen) atoms. The monoisotopic (exact) mass is 265 g/mol. The Morgan fingerprint density at radius 1 is 1.28 bits per heavy atom. The van der Waals surface area contributed by atoms with Gasteiger partial charge < -0.3 is 9.47 Å². The maximum absolute atomic E-state index is 6.26. The molecule has 2 unspecified atom stereocenters. The molecule has 0 bridgehead atoms. The van der Waals surface area contributed by atoms with Gasteiger partial charge in [0.25, 0.3) is 0 Å². The highest BCUT2D eigenvalue weighted by atomic mass is 35.5. The van der Waals surface area contributed by atoms with Gasteiger partial charge in [-0.25, -0.2) is 4.98 Å². The summed E-state index contributed by atoms with van der Waals surface area (Å²) in [5.41, 5.74) is 2.18. The fourth-order valence-electron chi connectivity index (χ4n) is 2.42. The lowest BCUT2D eigenvalue weighted by molar-refractivity contribution is 0.336. The number of hydrogen-bond acceptors (Lipinski definition) is 2. The zero-order valence-corrected chi connectivity index (χ0v) is 12.1. The van der Waals surface area contributed by atoms with Crippen molar-refractivity contribution in [3.8, 4) is 0 Å². The summed E-state index contributed by atoms with van der Waals surface area (Å²) in [4.78, 5) is 6.84. The number of halogens is 1. The highest BCUT2D eigenvalue weighted by Gasteiger charge is 2.18. The van der Waals surface area contributed by atoms with Crippen LogP contribution >= 0.6 is 11.6 Å². The number of nitrogens with zero attached hydrogens (tertiary/aromatic N) is 3. The Labute approximate surface area is 113 Å². The van der Waals surface area contributed by atoms with Crippen molar-refractivity contribution in [1.29, 1.82) is 0 Å². The van der Waals surface area contributed by atoms with E-state index in [0.717, 1.165) is 23.4 Å². The number of imidazole rings is 1. The van der Waals surface area contributed by atoms with E-state index in [9.17, 15) is 0 Å². The van der Waals surface area contributed by atoms with Crippen LogP contribution in [-0.2, 0) is 0 Å². The second-order valence-electron chi connectivity index (χ2n) is 5.06. The Morgan fingerprint density at radius 3 is 2.56 bits per heavy atom. The van der Waals surface area contributed by atoms with Gasteiger partial charge in [-0.2, -0.15) is 0 Å². The molecule has 1 aromatic carbocycles. The number of alkyl halides is 1. The number of hydrogen-bond donors (Lipinski definition) is 0. The number of likely N-dealkylation sites (N-methyl/N-ethyl adjacent to an activating group) is 1. The molecule has 4 heteroatoms. The maximum Gasteiger partial charge on any atom is 0.128 e. The first kappa shape index (κ1) is 13.4. The number of benzene rings is 1. The van der Waals surface area contributed by atoms with Crippen molar-refractivity contribution >= 4 is 22.6 Å². The Kier molecular flexibility index (Phi) is 3.93. The van der Waals surface area contributed by atoms with E-state index < -0.39 is 0 Å². The highest BCUT2D eigenvalue weighted by molar-refractivity contribution is 6.20. The van der Waals surface area contributed by atoms with Crippen LogP contribution in [0.25, 0.3) is 11.0 Å². The van der Waals surface area contributed by atoms with Gasteiger partial charge >= 0.3 is 0 Å². The van der Waals surface area contributed by atoms with Gasteiger partial charge in [0.15, 0.2) is 0 Å². The maximum atomic E-state index is 6.26. The molecule has 0 saturated heterocycles. The van der Waals surface area contributed by atoms with Crippen LogP contribution in [0.5, 0.6) is 0 Å².